The molecule has 1 aromatic rings. The molecule has 0 bridgehead atoms. The van der Waals surface area contributed by atoms with Crippen LogP contribution in [0.3, 0.4) is 0 Å². The number of halogens is 3. The van der Waals surface area contributed by atoms with Crippen molar-refractivity contribution >= 4 is 18.3 Å². The van der Waals surface area contributed by atoms with E-state index in [1.807, 2.05) is 0 Å². The molecule has 5 nitrogen and oxygen atoms in total. The monoisotopic (exact) mass is 249 g/mol. The van der Waals surface area contributed by atoms with E-state index in [4.69, 9.17) is 10.0 Å². The van der Waals surface area contributed by atoms with Crippen molar-refractivity contribution in [1.82, 2.24) is 0 Å². The topological polar surface area (TPSA) is 83.6 Å². The van der Waals surface area contributed by atoms with Gasteiger partial charge >= 0.3 is 13.3 Å². The standard InChI is InChI=1S/C8H7BF3NO4/c1-4-2-6(9(14)15)7(13(16)17)3-5(4)8(10,11)12/h2-3,14-15H,1H3. The second-order valence-electron chi connectivity index (χ2n) is 3.35. The van der Waals surface area contributed by atoms with Gasteiger partial charge in [-0.1, -0.05) is 6.07 Å². The molecule has 92 valence electrons. The number of nitrogens with zero attached hydrogens (tertiary/aromatic N) is 1. The minimum atomic E-state index is -4.73. The number of benzene rings is 1. The Balaban J connectivity index is 3.51. The lowest BCUT2D eigenvalue weighted by atomic mass is 9.77. The van der Waals surface area contributed by atoms with Gasteiger partial charge in [0.15, 0.2) is 0 Å². The van der Waals surface area contributed by atoms with Gasteiger partial charge in [-0.15, -0.1) is 0 Å². The first-order valence-electron chi connectivity index (χ1n) is 4.37. The van der Waals surface area contributed by atoms with Gasteiger partial charge in [-0.2, -0.15) is 13.2 Å². The summed E-state index contributed by atoms with van der Waals surface area (Å²) in [5.74, 6) is 0. The molecule has 0 fully saturated rings. The Bertz CT molecular complexity index is 461. The fourth-order valence-electron chi connectivity index (χ4n) is 1.39. The third-order valence-corrected chi connectivity index (χ3v) is 2.15. The highest BCUT2D eigenvalue weighted by molar-refractivity contribution is 6.60. The summed E-state index contributed by atoms with van der Waals surface area (Å²) in [7, 11) is -2.20. The van der Waals surface area contributed by atoms with Crippen LogP contribution in [0.5, 0.6) is 0 Å². The zero-order chi connectivity index (χ0) is 13.4. The van der Waals surface area contributed by atoms with E-state index >= 15 is 0 Å². The van der Waals surface area contributed by atoms with Crippen molar-refractivity contribution in [2.45, 2.75) is 13.1 Å². The van der Waals surface area contributed by atoms with E-state index in [2.05, 4.69) is 0 Å². The van der Waals surface area contributed by atoms with Gasteiger partial charge in [0.2, 0.25) is 0 Å². The largest absolute Gasteiger partial charge is 0.495 e. The molecule has 0 amide bonds. The third kappa shape index (κ3) is 2.74. The van der Waals surface area contributed by atoms with Gasteiger partial charge < -0.3 is 10.0 Å². The van der Waals surface area contributed by atoms with Crippen LogP contribution >= 0.6 is 0 Å². The maximum atomic E-state index is 12.5. The molecule has 0 atom stereocenters. The van der Waals surface area contributed by atoms with Crippen LogP contribution in [0, 0.1) is 17.0 Å². The summed E-state index contributed by atoms with van der Waals surface area (Å²) in [6.07, 6.45) is -4.73. The van der Waals surface area contributed by atoms with Crippen molar-refractivity contribution in [2.75, 3.05) is 0 Å². The molecule has 0 radical (unpaired) electrons. The molecule has 0 aliphatic rings. The minimum Gasteiger partial charge on any atom is -0.423 e. The highest BCUT2D eigenvalue weighted by atomic mass is 19.4. The number of hydrogen-bond donors (Lipinski definition) is 2. The Morgan fingerprint density at radius 2 is 1.88 bits per heavy atom. The van der Waals surface area contributed by atoms with Crippen molar-refractivity contribution in [3.8, 4) is 0 Å². The molecule has 1 aromatic carbocycles. The Labute approximate surface area is 93.8 Å². The summed E-state index contributed by atoms with van der Waals surface area (Å²) in [5.41, 5.74) is -3.03. The minimum absolute atomic E-state index is 0.296. The quantitative estimate of drug-likeness (QED) is 0.456. The van der Waals surface area contributed by atoms with E-state index in [-0.39, 0.29) is 5.56 Å². The van der Waals surface area contributed by atoms with Crippen molar-refractivity contribution in [3.05, 3.63) is 33.4 Å². The van der Waals surface area contributed by atoms with E-state index in [9.17, 15) is 23.3 Å². The maximum Gasteiger partial charge on any atom is 0.495 e. The first-order valence-corrected chi connectivity index (χ1v) is 4.37. The van der Waals surface area contributed by atoms with Gasteiger partial charge in [0.25, 0.3) is 5.69 Å². The lowest BCUT2D eigenvalue weighted by molar-refractivity contribution is -0.384. The van der Waals surface area contributed by atoms with Gasteiger partial charge in [0.05, 0.1) is 15.9 Å². The summed E-state index contributed by atoms with van der Waals surface area (Å²) >= 11 is 0. The molecule has 0 aliphatic heterocycles. The molecule has 0 spiro atoms. The molecule has 0 aromatic heterocycles. The molecular weight excluding hydrogens is 242 g/mol. The number of nitro groups is 1. The first kappa shape index (κ1) is 13.5. The normalized spacial score (nSPS) is 11.4. The summed E-state index contributed by atoms with van der Waals surface area (Å²) in [4.78, 5) is 9.44. The molecule has 0 unspecified atom stereocenters. The summed E-state index contributed by atoms with van der Waals surface area (Å²) in [6, 6.07) is 1.04. The van der Waals surface area contributed by atoms with Gasteiger partial charge in [-0.3, -0.25) is 10.1 Å². The summed E-state index contributed by atoms with van der Waals surface area (Å²) in [6.45, 7) is 1.08. The van der Waals surface area contributed by atoms with Crippen LogP contribution < -0.4 is 5.46 Å². The number of hydrogen-bond acceptors (Lipinski definition) is 4. The molecule has 0 saturated heterocycles. The molecule has 9 heteroatoms. The van der Waals surface area contributed by atoms with Gasteiger partial charge in [-0.25, -0.2) is 0 Å². The third-order valence-electron chi connectivity index (χ3n) is 2.15. The second-order valence-corrected chi connectivity index (χ2v) is 3.35. The number of aryl methyl sites for hydroxylation is 1. The van der Waals surface area contributed by atoms with Gasteiger partial charge in [0, 0.05) is 6.07 Å². The van der Waals surface area contributed by atoms with Crippen LogP contribution in [-0.4, -0.2) is 22.1 Å². The number of nitro benzene ring substituents is 1. The van der Waals surface area contributed by atoms with E-state index in [1.54, 1.807) is 0 Å². The van der Waals surface area contributed by atoms with Gasteiger partial charge in [0.1, 0.15) is 0 Å². The average molecular weight is 249 g/mol. The molecule has 1 rings (SSSR count). The van der Waals surface area contributed by atoms with Gasteiger partial charge in [-0.05, 0) is 12.5 Å². The smallest absolute Gasteiger partial charge is 0.423 e. The first-order chi connectivity index (χ1) is 7.64. The van der Waals surface area contributed by atoms with E-state index in [1.165, 1.54) is 0 Å². The summed E-state index contributed by atoms with van der Waals surface area (Å²) < 4.78 is 37.4. The molecule has 0 aliphatic carbocycles. The predicted molar refractivity (Wildman–Crippen MR) is 52.7 cm³/mol. The average Bonchev–Trinajstić information content (AvgIpc) is 2.14. The van der Waals surface area contributed by atoms with Crippen molar-refractivity contribution in [1.29, 1.82) is 0 Å². The predicted octanol–water partition coefficient (Wildman–Crippen LogP) is 0.602. The highest BCUT2D eigenvalue weighted by Gasteiger charge is 2.36. The number of alkyl halides is 3. The van der Waals surface area contributed by atoms with E-state index < -0.39 is 34.9 Å². The van der Waals surface area contributed by atoms with Crippen LogP contribution in [0.25, 0.3) is 0 Å². The molecule has 0 heterocycles. The fraction of sp³-hybridized carbons (Fsp3) is 0.250. The molecule has 2 N–H and O–H groups in total. The summed E-state index contributed by atoms with van der Waals surface area (Å²) in [5, 5.41) is 28.2. The zero-order valence-electron chi connectivity index (χ0n) is 8.52. The molecule has 0 saturated carbocycles. The van der Waals surface area contributed by atoms with Crippen molar-refractivity contribution in [3.63, 3.8) is 0 Å². The number of rotatable bonds is 2. The Hall–Kier alpha value is -1.61. The van der Waals surface area contributed by atoms with Crippen molar-refractivity contribution < 1.29 is 28.1 Å². The van der Waals surface area contributed by atoms with Crippen LogP contribution in [0.1, 0.15) is 11.1 Å². The lowest BCUT2D eigenvalue weighted by Crippen LogP contribution is -2.33. The maximum absolute atomic E-state index is 12.5. The van der Waals surface area contributed by atoms with Crippen LogP contribution in [0.15, 0.2) is 12.1 Å². The SMILES string of the molecule is Cc1cc(B(O)O)c([N+](=O)[O-])cc1C(F)(F)F. The highest BCUT2D eigenvalue weighted by Crippen LogP contribution is 2.33. The van der Waals surface area contributed by atoms with Crippen LogP contribution in [-0.2, 0) is 6.18 Å². The van der Waals surface area contributed by atoms with E-state index in [0.29, 0.717) is 6.07 Å². The van der Waals surface area contributed by atoms with Crippen LogP contribution in [0.4, 0.5) is 18.9 Å². The molecular formula is C8H7BF3NO4. The second kappa shape index (κ2) is 4.34. The Morgan fingerprint density at radius 1 is 1.35 bits per heavy atom. The van der Waals surface area contributed by atoms with Crippen molar-refractivity contribution in [2.24, 2.45) is 0 Å². The molecule has 17 heavy (non-hydrogen) atoms. The van der Waals surface area contributed by atoms with Crippen LogP contribution in [0.2, 0.25) is 0 Å². The Morgan fingerprint density at radius 3 is 2.24 bits per heavy atom. The van der Waals surface area contributed by atoms with E-state index in [0.717, 1.165) is 13.0 Å². The lowest BCUT2D eigenvalue weighted by Gasteiger charge is -2.12. The fourth-order valence-corrected chi connectivity index (χ4v) is 1.39. The zero-order valence-corrected chi connectivity index (χ0v) is 8.52. The Kier molecular flexibility index (Phi) is 3.44.